The van der Waals surface area contributed by atoms with E-state index in [1.165, 1.54) is 18.7 Å². The van der Waals surface area contributed by atoms with Crippen LogP contribution in [0.5, 0.6) is 0 Å². The minimum Gasteiger partial charge on any atom is -0.356 e. The zero-order chi connectivity index (χ0) is 16.9. The number of hydrogen-bond donors (Lipinski definition) is 3. The Morgan fingerprint density at radius 3 is 2.42 bits per heavy atom. The van der Waals surface area contributed by atoms with E-state index in [2.05, 4.69) is 16.0 Å². The Morgan fingerprint density at radius 2 is 1.75 bits per heavy atom. The zero-order valence-corrected chi connectivity index (χ0v) is 13.9. The molecule has 2 aromatic carbocycles. The normalized spacial score (nSPS) is 16.0. The number of thioether (sulfide) groups is 1. The Hall–Kier alpha value is -2.73. The summed E-state index contributed by atoms with van der Waals surface area (Å²) in [4.78, 5) is 23.3. The fraction of sp³-hybridized carbons (Fsp3) is 0.111. The van der Waals surface area contributed by atoms with E-state index in [9.17, 15) is 9.59 Å². The predicted octanol–water partition coefficient (Wildman–Crippen LogP) is 2.99. The lowest BCUT2D eigenvalue weighted by Crippen LogP contribution is -2.39. The van der Waals surface area contributed by atoms with Crippen molar-refractivity contribution in [3.8, 4) is 0 Å². The molecule has 3 N–H and O–H groups in total. The summed E-state index contributed by atoms with van der Waals surface area (Å²) >= 11 is 1.52. The van der Waals surface area contributed by atoms with Crippen molar-refractivity contribution in [2.75, 3.05) is 5.32 Å². The molecule has 6 heteroatoms. The van der Waals surface area contributed by atoms with Crippen LogP contribution in [0.25, 0.3) is 5.70 Å². The van der Waals surface area contributed by atoms with Gasteiger partial charge in [0.25, 0.3) is 5.91 Å². The molecule has 5 nitrogen and oxygen atoms in total. The zero-order valence-electron chi connectivity index (χ0n) is 13.1. The van der Waals surface area contributed by atoms with Crippen LogP contribution in [-0.4, -0.2) is 17.3 Å². The third-order valence-corrected chi connectivity index (χ3v) is 4.30. The van der Waals surface area contributed by atoms with E-state index >= 15 is 0 Å². The number of carbonyl (C=O) groups excluding carboxylic acids is 2. The number of benzene rings is 2. The molecule has 2 amide bonds. The van der Waals surface area contributed by atoms with E-state index < -0.39 is 0 Å². The molecule has 24 heavy (non-hydrogen) atoms. The maximum absolute atomic E-state index is 12.3. The van der Waals surface area contributed by atoms with Crippen LogP contribution in [0.1, 0.15) is 22.8 Å². The van der Waals surface area contributed by atoms with Gasteiger partial charge in [-0.1, -0.05) is 42.1 Å². The van der Waals surface area contributed by atoms with Crippen LogP contribution in [0, 0.1) is 0 Å². The summed E-state index contributed by atoms with van der Waals surface area (Å²) in [5.74, 6) is -0.310. The van der Waals surface area contributed by atoms with Crippen molar-refractivity contribution in [2.45, 2.75) is 12.4 Å². The molecule has 0 aromatic heterocycles. The van der Waals surface area contributed by atoms with Crippen molar-refractivity contribution in [2.24, 2.45) is 0 Å². The fourth-order valence-corrected chi connectivity index (χ4v) is 3.14. The minimum atomic E-state index is -0.206. The van der Waals surface area contributed by atoms with Gasteiger partial charge in [-0.15, -0.1) is 0 Å². The van der Waals surface area contributed by atoms with Gasteiger partial charge in [0.15, 0.2) is 5.50 Å². The minimum absolute atomic E-state index is 0.140. The van der Waals surface area contributed by atoms with E-state index in [-0.39, 0.29) is 17.3 Å². The molecule has 2 aromatic rings. The van der Waals surface area contributed by atoms with Gasteiger partial charge in [-0.2, -0.15) is 0 Å². The Kier molecular flexibility index (Phi) is 4.86. The lowest BCUT2D eigenvalue weighted by atomic mass is 10.2. The maximum atomic E-state index is 12.3. The molecule has 0 aliphatic carbocycles. The lowest BCUT2D eigenvalue weighted by Gasteiger charge is -2.15. The molecule has 0 saturated carbocycles. The van der Waals surface area contributed by atoms with Crippen molar-refractivity contribution in [1.82, 2.24) is 10.6 Å². The van der Waals surface area contributed by atoms with Crippen LogP contribution in [0.3, 0.4) is 0 Å². The van der Waals surface area contributed by atoms with Crippen LogP contribution >= 0.6 is 11.8 Å². The molecule has 1 heterocycles. The summed E-state index contributed by atoms with van der Waals surface area (Å²) in [5, 5.41) is 10.9. The van der Waals surface area contributed by atoms with Gasteiger partial charge >= 0.3 is 0 Å². The molecule has 0 spiro atoms. The van der Waals surface area contributed by atoms with Gasteiger partial charge in [-0.25, -0.2) is 0 Å². The molecule has 3 rings (SSSR count). The second kappa shape index (κ2) is 7.23. The molecule has 1 unspecified atom stereocenters. The Bertz CT molecular complexity index is 773. The highest BCUT2D eigenvalue weighted by Gasteiger charge is 2.20. The Balaban J connectivity index is 1.57. The second-order valence-corrected chi connectivity index (χ2v) is 6.27. The molecule has 1 aliphatic heterocycles. The second-order valence-electron chi connectivity index (χ2n) is 5.29. The third-order valence-electron chi connectivity index (χ3n) is 3.42. The first-order valence-electron chi connectivity index (χ1n) is 7.48. The van der Waals surface area contributed by atoms with E-state index in [4.69, 9.17) is 0 Å². The number of carbonyl (C=O) groups is 2. The number of rotatable bonds is 4. The molecule has 0 fully saturated rings. The first-order valence-corrected chi connectivity index (χ1v) is 8.42. The summed E-state index contributed by atoms with van der Waals surface area (Å²) in [7, 11) is 0. The summed E-state index contributed by atoms with van der Waals surface area (Å²) in [6, 6.07) is 16.7. The van der Waals surface area contributed by atoms with Crippen molar-refractivity contribution in [3.63, 3.8) is 0 Å². The summed E-state index contributed by atoms with van der Waals surface area (Å²) in [6.07, 6.45) is 0. The quantitative estimate of drug-likeness (QED) is 0.801. The molecular formula is C18H17N3O2S. The highest BCUT2D eigenvalue weighted by atomic mass is 32.2. The molecule has 1 atom stereocenters. The van der Waals surface area contributed by atoms with Crippen molar-refractivity contribution >= 4 is 35.0 Å². The van der Waals surface area contributed by atoms with E-state index in [0.717, 1.165) is 11.3 Å². The third kappa shape index (κ3) is 3.97. The predicted molar refractivity (Wildman–Crippen MR) is 97.1 cm³/mol. The van der Waals surface area contributed by atoms with Crippen molar-refractivity contribution in [1.29, 1.82) is 0 Å². The van der Waals surface area contributed by atoms with Gasteiger partial charge in [0.2, 0.25) is 5.91 Å². The summed E-state index contributed by atoms with van der Waals surface area (Å²) in [6.45, 7) is 1.45. The molecule has 0 saturated heterocycles. The van der Waals surface area contributed by atoms with E-state index in [1.807, 2.05) is 35.7 Å². The van der Waals surface area contributed by atoms with Crippen LogP contribution in [-0.2, 0) is 4.79 Å². The first-order chi connectivity index (χ1) is 11.6. The van der Waals surface area contributed by atoms with Crippen molar-refractivity contribution < 1.29 is 9.59 Å². The van der Waals surface area contributed by atoms with Gasteiger partial charge in [0, 0.05) is 18.2 Å². The standard InChI is InChI=1S/C18H17N3O2S/c1-12(22)19-15-9-7-14(8-10-15)17(23)21-18-20-16(11-24-18)13-5-3-2-4-6-13/h2-11,18,20H,1H3,(H,19,22)(H,21,23). The first kappa shape index (κ1) is 16.1. The molecule has 1 aliphatic rings. The van der Waals surface area contributed by atoms with Gasteiger partial charge in [0.05, 0.1) is 5.70 Å². The largest absolute Gasteiger partial charge is 0.356 e. The summed E-state index contributed by atoms with van der Waals surface area (Å²) in [5.41, 5.74) is 3.08. The van der Waals surface area contributed by atoms with E-state index in [1.54, 1.807) is 24.3 Å². The molecule has 0 bridgehead atoms. The Morgan fingerprint density at radius 1 is 1.04 bits per heavy atom. The lowest BCUT2D eigenvalue weighted by molar-refractivity contribution is -0.114. The Labute approximate surface area is 144 Å². The number of amides is 2. The average Bonchev–Trinajstić information content (AvgIpc) is 3.04. The molecule has 122 valence electrons. The average molecular weight is 339 g/mol. The topological polar surface area (TPSA) is 70.2 Å². The van der Waals surface area contributed by atoms with Crippen LogP contribution in [0.4, 0.5) is 5.69 Å². The highest BCUT2D eigenvalue weighted by Crippen LogP contribution is 2.26. The monoisotopic (exact) mass is 339 g/mol. The SMILES string of the molecule is CC(=O)Nc1ccc(C(=O)NC2NC(c3ccccc3)=CS2)cc1. The molecular weight excluding hydrogens is 322 g/mol. The number of nitrogens with one attached hydrogen (secondary N) is 3. The number of anilines is 1. The summed E-state index contributed by atoms with van der Waals surface area (Å²) < 4.78 is 0. The van der Waals surface area contributed by atoms with Crippen molar-refractivity contribution in [3.05, 3.63) is 71.1 Å². The number of hydrogen-bond acceptors (Lipinski definition) is 4. The maximum Gasteiger partial charge on any atom is 0.253 e. The van der Waals surface area contributed by atoms with E-state index in [0.29, 0.717) is 11.3 Å². The van der Waals surface area contributed by atoms with Gasteiger partial charge in [-0.05, 0) is 35.2 Å². The highest BCUT2D eigenvalue weighted by molar-refractivity contribution is 8.03. The fourth-order valence-electron chi connectivity index (χ4n) is 2.30. The van der Waals surface area contributed by atoms with Gasteiger partial charge in [-0.3, -0.25) is 9.59 Å². The van der Waals surface area contributed by atoms with Crippen LogP contribution in [0.15, 0.2) is 60.0 Å². The van der Waals surface area contributed by atoms with Gasteiger partial charge < -0.3 is 16.0 Å². The van der Waals surface area contributed by atoms with Crippen LogP contribution in [0.2, 0.25) is 0 Å². The molecule has 0 radical (unpaired) electrons. The van der Waals surface area contributed by atoms with Gasteiger partial charge in [0.1, 0.15) is 0 Å². The smallest absolute Gasteiger partial charge is 0.253 e. The van der Waals surface area contributed by atoms with Crippen LogP contribution < -0.4 is 16.0 Å².